The normalized spacial score (nSPS) is 13.8. The van der Waals surface area contributed by atoms with Gasteiger partial charge in [0.2, 0.25) is 0 Å². The van der Waals surface area contributed by atoms with Crippen LogP contribution in [0, 0.1) is 0 Å². The van der Waals surface area contributed by atoms with E-state index in [0.717, 1.165) is 22.0 Å². The van der Waals surface area contributed by atoms with Crippen LogP contribution in [0.15, 0.2) is 77.7 Å². The van der Waals surface area contributed by atoms with E-state index < -0.39 is 22.1 Å². The molecule has 0 saturated heterocycles. The van der Waals surface area contributed by atoms with Crippen molar-refractivity contribution in [2.75, 3.05) is 22.8 Å². The van der Waals surface area contributed by atoms with Gasteiger partial charge in [-0.25, -0.2) is 13.2 Å². The molecule has 0 bridgehead atoms. The molecule has 1 unspecified atom stereocenters. The number of halogens is 1. The van der Waals surface area contributed by atoms with Crippen LogP contribution in [-0.2, 0) is 26.0 Å². The fourth-order valence-electron chi connectivity index (χ4n) is 3.82. The second-order valence-corrected chi connectivity index (χ2v) is 10.2. The molecule has 0 saturated carbocycles. The number of hydrogen-bond donors (Lipinski definition) is 0. The molecule has 0 fully saturated rings. The van der Waals surface area contributed by atoms with Gasteiger partial charge in [0.25, 0.3) is 15.9 Å². The van der Waals surface area contributed by atoms with Crippen LogP contribution < -0.4 is 9.21 Å². The number of amides is 1. The third kappa shape index (κ3) is 4.51. The van der Waals surface area contributed by atoms with Crippen molar-refractivity contribution < 1.29 is 22.7 Å². The minimum Gasteiger partial charge on any atom is -0.449 e. The highest BCUT2D eigenvalue weighted by atomic mass is 35.5. The molecule has 7 nitrogen and oxygen atoms in total. The molecule has 4 rings (SSSR count). The molecular weight excluding hydrogens is 476 g/mol. The molecule has 1 atom stereocenters. The molecule has 0 aliphatic carbocycles. The highest BCUT2D eigenvalue weighted by molar-refractivity contribution is 7.93. The summed E-state index contributed by atoms with van der Waals surface area (Å²) in [5, 5.41) is -0.0304. The zero-order valence-corrected chi connectivity index (χ0v) is 20.2. The SMILES string of the molecule is CC(OC(=O)c1ccc(Cl)c(S(=O)(=O)N(C)c2ccccc2)c1)C(=O)N1CCc2ccccc21. The summed E-state index contributed by atoms with van der Waals surface area (Å²) >= 11 is 6.19. The van der Waals surface area contributed by atoms with Gasteiger partial charge in [-0.05, 0) is 55.3 Å². The van der Waals surface area contributed by atoms with Gasteiger partial charge in [-0.1, -0.05) is 48.0 Å². The zero-order valence-electron chi connectivity index (χ0n) is 18.6. The highest BCUT2D eigenvalue weighted by Crippen LogP contribution is 2.30. The van der Waals surface area contributed by atoms with E-state index in [-0.39, 0.29) is 21.4 Å². The summed E-state index contributed by atoms with van der Waals surface area (Å²) in [5.41, 5.74) is 2.28. The molecule has 1 aliphatic heterocycles. The number of esters is 1. The monoisotopic (exact) mass is 498 g/mol. The van der Waals surface area contributed by atoms with E-state index in [1.165, 1.54) is 32.2 Å². The summed E-state index contributed by atoms with van der Waals surface area (Å²) in [7, 11) is -2.65. The maximum atomic E-state index is 13.2. The summed E-state index contributed by atoms with van der Waals surface area (Å²) in [5.74, 6) is -1.16. The van der Waals surface area contributed by atoms with Gasteiger partial charge in [0.05, 0.1) is 16.3 Å². The molecule has 0 N–H and O–H groups in total. The number of para-hydroxylation sites is 2. The van der Waals surface area contributed by atoms with E-state index in [2.05, 4.69) is 0 Å². The number of anilines is 2. The quantitative estimate of drug-likeness (QED) is 0.473. The van der Waals surface area contributed by atoms with Crippen molar-refractivity contribution in [2.45, 2.75) is 24.3 Å². The summed E-state index contributed by atoms with van der Waals surface area (Å²) in [6.45, 7) is 2.01. The lowest BCUT2D eigenvalue weighted by molar-refractivity contribution is -0.126. The first-order valence-corrected chi connectivity index (χ1v) is 12.5. The molecule has 3 aromatic carbocycles. The van der Waals surface area contributed by atoms with Crippen molar-refractivity contribution >= 4 is 44.9 Å². The molecule has 1 aliphatic rings. The van der Waals surface area contributed by atoms with Crippen LogP contribution in [-0.4, -0.2) is 40.0 Å². The first-order valence-electron chi connectivity index (χ1n) is 10.6. The molecular formula is C25H23ClN2O5S. The minimum atomic E-state index is -4.05. The predicted octanol–water partition coefficient (Wildman–Crippen LogP) is 4.30. The topological polar surface area (TPSA) is 84.0 Å². The standard InChI is InChI=1S/C25H23ClN2O5S/c1-17(24(29)28-15-14-18-8-6-7-11-22(18)28)33-25(30)19-12-13-21(26)23(16-19)34(31,32)27(2)20-9-4-3-5-10-20/h3-13,16-17H,14-15H2,1-2H3. The number of benzene rings is 3. The van der Waals surface area contributed by atoms with Crippen LogP contribution >= 0.6 is 11.6 Å². The van der Waals surface area contributed by atoms with Crippen LogP contribution in [0.25, 0.3) is 0 Å². The van der Waals surface area contributed by atoms with Gasteiger partial charge in [0.1, 0.15) is 4.90 Å². The maximum Gasteiger partial charge on any atom is 0.338 e. The Kier molecular flexibility index (Phi) is 6.63. The fraction of sp³-hybridized carbons (Fsp3) is 0.200. The molecule has 3 aromatic rings. The minimum absolute atomic E-state index is 0.0223. The largest absolute Gasteiger partial charge is 0.449 e. The van der Waals surface area contributed by atoms with Crippen molar-refractivity contribution in [1.29, 1.82) is 0 Å². The van der Waals surface area contributed by atoms with Crippen molar-refractivity contribution in [3.05, 3.63) is 88.9 Å². The van der Waals surface area contributed by atoms with Gasteiger partial charge in [-0.15, -0.1) is 0 Å². The summed E-state index contributed by atoms with van der Waals surface area (Å²) < 4.78 is 32.8. The van der Waals surface area contributed by atoms with E-state index in [0.29, 0.717) is 12.2 Å². The molecule has 0 aromatic heterocycles. The molecule has 176 valence electrons. The second-order valence-electron chi connectivity index (χ2n) is 7.87. The van der Waals surface area contributed by atoms with Gasteiger partial charge in [0, 0.05) is 19.3 Å². The third-order valence-electron chi connectivity index (χ3n) is 5.71. The van der Waals surface area contributed by atoms with Crippen LogP contribution in [0.4, 0.5) is 11.4 Å². The number of carbonyl (C=O) groups is 2. The number of carbonyl (C=O) groups excluding carboxylic acids is 2. The average molecular weight is 499 g/mol. The van der Waals surface area contributed by atoms with E-state index in [4.69, 9.17) is 16.3 Å². The number of fused-ring (bicyclic) bond motifs is 1. The first-order chi connectivity index (χ1) is 16.2. The summed E-state index contributed by atoms with van der Waals surface area (Å²) in [6, 6.07) is 19.9. The Labute approximate surface area is 203 Å². The Morgan fingerprint density at radius 1 is 1.03 bits per heavy atom. The van der Waals surface area contributed by atoms with Gasteiger partial charge in [-0.3, -0.25) is 9.10 Å². The lowest BCUT2D eigenvalue weighted by Crippen LogP contribution is -2.39. The van der Waals surface area contributed by atoms with Crippen molar-refractivity contribution in [3.8, 4) is 0 Å². The average Bonchev–Trinajstić information content (AvgIpc) is 3.27. The lowest BCUT2D eigenvalue weighted by atomic mass is 10.2. The predicted molar refractivity (Wildman–Crippen MR) is 131 cm³/mol. The van der Waals surface area contributed by atoms with E-state index in [1.54, 1.807) is 35.2 Å². The van der Waals surface area contributed by atoms with E-state index in [9.17, 15) is 18.0 Å². The molecule has 9 heteroatoms. The van der Waals surface area contributed by atoms with Crippen LogP contribution in [0.5, 0.6) is 0 Å². The third-order valence-corrected chi connectivity index (χ3v) is 7.98. The second kappa shape index (κ2) is 9.48. The molecule has 0 radical (unpaired) electrons. The van der Waals surface area contributed by atoms with E-state index in [1.807, 2.05) is 24.3 Å². The summed E-state index contributed by atoms with van der Waals surface area (Å²) in [4.78, 5) is 27.1. The Hall–Kier alpha value is -3.36. The van der Waals surface area contributed by atoms with Crippen molar-refractivity contribution in [2.24, 2.45) is 0 Å². The Morgan fingerprint density at radius 2 is 1.71 bits per heavy atom. The summed E-state index contributed by atoms with van der Waals surface area (Å²) in [6.07, 6.45) is -0.322. The van der Waals surface area contributed by atoms with Gasteiger partial charge in [0.15, 0.2) is 6.10 Å². The van der Waals surface area contributed by atoms with Gasteiger partial charge in [-0.2, -0.15) is 0 Å². The Bertz CT molecular complexity index is 1340. The molecule has 34 heavy (non-hydrogen) atoms. The van der Waals surface area contributed by atoms with Crippen molar-refractivity contribution in [1.82, 2.24) is 0 Å². The number of rotatable bonds is 6. The number of sulfonamides is 1. The fourth-order valence-corrected chi connectivity index (χ4v) is 5.51. The Morgan fingerprint density at radius 3 is 2.44 bits per heavy atom. The number of hydrogen-bond acceptors (Lipinski definition) is 5. The zero-order chi connectivity index (χ0) is 24.5. The highest BCUT2D eigenvalue weighted by Gasteiger charge is 2.31. The molecule has 1 heterocycles. The number of nitrogens with zero attached hydrogens (tertiary/aromatic N) is 2. The molecule has 0 spiro atoms. The molecule has 1 amide bonds. The van der Waals surface area contributed by atoms with Crippen molar-refractivity contribution in [3.63, 3.8) is 0 Å². The maximum absolute atomic E-state index is 13.2. The van der Waals surface area contributed by atoms with Gasteiger partial charge < -0.3 is 9.64 Å². The van der Waals surface area contributed by atoms with Crippen LogP contribution in [0.2, 0.25) is 5.02 Å². The smallest absolute Gasteiger partial charge is 0.338 e. The van der Waals surface area contributed by atoms with Crippen LogP contribution in [0.3, 0.4) is 0 Å². The van der Waals surface area contributed by atoms with Crippen LogP contribution in [0.1, 0.15) is 22.8 Å². The first kappa shape index (κ1) is 23.8. The Balaban J connectivity index is 1.53. The lowest BCUT2D eigenvalue weighted by Gasteiger charge is -2.22. The van der Waals surface area contributed by atoms with Gasteiger partial charge >= 0.3 is 5.97 Å². The number of ether oxygens (including phenoxy) is 1. The van der Waals surface area contributed by atoms with E-state index >= 15 is 0 Å².